The minimum absolute atomic E-state index is 0.221. The highest BCUT2D eigenvalue weighted by Crippen LogP contribution is 2.80. The summed E-state index contributed by atoms with van der Waals surface area (Å²) in [5.41, 5.74) is 17.1. The molecule has 10 nitrogen and oxygen atoms in total. The number of nitrogens with zero attached hydrogens (tertiary/aromatic N) is 2. The highest BCUT2D eigenvalue weighted by atomic mass is 16.5. The van der Waals surface area contributed by atoms with Crippen LogP contribution in [0.25, 0.3) is 324 Å². The molecule has 0 atom stereocenters. The van der Waals surface area contributed by atoms with Crippen molar-refractivity contribution in [1.29, 1.82) is 0 Å². The van der Waals surface area contributed by atoms with E-state index in [1.165, 1.54) is 120 Å². The molecule has 1 aliphatic carbocycles. The first-order chi connectivity index (χ1) is 62.1. The second kappa shape index (κ2) is 19.2. The molecular formula is C118H82N2O8. The van der Waals surface area contributed by atoms with E-state index in [1.807, 2.05) is 0 Å². The molecule has 0 saturated heterocycles. The fraction of sp³-hybridized carbons (Fsp3) is 0.288. The van der Waals surface area contributed by atoms with E-state index in [9.17, 15) is 0 Å². The molecule has 36 aromatic rings. The Balaban J connectivity index is 0.655. The Hall–Kier alpha value is -12.3. The minimum Gasteiger partial charge on any atom is -0.491 e. The van der Waals surface area contributed by atoms with Gasteiger partial charge in [-0.15, -0.1) is 0 Å². The largest absolute Gasteiger partial charge is 0.491 e. The summed E-state index contributed by atoms with van der Waals surface area (Å²) in [4.78, 5) is 0. The molecule has 2 aliphatic heterocycles. The Morgan fingerprint density at radius 2 is 0.414 bits per heavy atom. The summed E-state index contributed by atoms with van der Waals surface area (Å²) in [5, 5.41) is 89.0. The Labute approximate surface area is 728 Å². The van der Waals surface area contributed by atoms with Crippen molar-refractivity contribution in [3.05, 3.63) is 115 Å². The van der Waals surface area contributed by atoms with Gasteiger partial charge in [0.25, 0.3) is 0 Å². The lowest BCUT2D eigenvalue weighted by Gasteiger charge is -2.29. The smallest absolute Gasteiger partial charge is 0.126 e. The molecule has 10 heteroatoms. The van der Waals surface area contributed by atoms with E-state index in [0.717, 1.165) is 67.5 Å². The van der Waals surface area contributed by atoms with E-state index in [0.29, 0.717) is 105 Å². The average molecular weight is 1660 g/mol. The van der Waals surface area contributed by atoms with Gasteiger partial charge in [-0.2, -0.15) is 0 Å². The first-order valence-electron chi connectivity index (χ1n) is 47.5. The van der Waals surface area contributed by atoms with Crippen LogP contribution in [0.5, 0.6) is 23.0 Å². The number of ether oxygens (including phenoxy) is 8. The minimum atomic E-state index is -0.236. The Morgan fingerprint density at radius 3 is 0.617 bits per heavy atom. The average Bonchev–Trinajstić information content (AvgIpc) is 1.39. The number of rotatable bonds is 8. The summed E-state index contributed by atoms with van der Waals surface area (Å²) in [7, 11) is 3.54. The van der Waals surface area contributed by atoms with Gasteiger partial charge in [-0.25, -0.2) is 0 Å². The van der Waals surface area contributed by atoms with Crippen molar-refractivity contribution in [2.24, 2.45) is 0 Å². The predicted octanol–water partition coefficient (Wildman–Crippen LogP) is 28.9. The molecule has 33 aromatic carbocycles. The molecule has 0 radical (unpaired) electrons. The first kappa shape index (κ1) is 66.2. The van der Waals surface area contributed by atoms with Gasteiger partial charge in [0.2, 0.25) is 0 Å². The van der Waals surface area contributed by atoms with Crippen LogP contribution in [-0.4, -0.2) is 89.4 Å². The normalized spacial score (nSPS) is 16.9. The van der Waals surface area contributed by atoms with Crippen LogP contribution in [0.3, 0.4) is 0 Å². The molecule has 39 rings (SSSR count). The van der Waals surface area contributed by atoms with Crippen LogP contribution >= 0.6 is 0 Å². The van der Waals surface area contributed by atoms with Crippen LogP contribution < -0.4 is 18.9 Å². The van der Waals surface area contributed by atoms with E-state index in [4.69, 9.17) is 37.9 Å². The van der Waals surface area contributed by atoms with Gasteiger partial charge < -0.3 is 47.0 Å². The van der Waals surface area contributed by atoms with Crippen molar-refractivity contribution >= 4 is 324 Å². The SMILES string of the molecule is COCCOc1c2cc(C(C)(C)C)cc1Cc1cc(C(C)(C)C)cc3c1OCCOCCn1c4c5c6c7c8c9c%10c%11c%12c%13c%14c%11c%11c9c9c%15c%11c%11c%14c%14c%16c%13c%13c%17c%12c%12c%10c8c8c%10c%12c%17c%12c%17c%13c%16c%13c%16c%14c%11c%11c%15c(c5c97)c5c%11c%16c7c%13c%17c9c%12c%10c(c86)c4c9c7n(c51)CCOCCOc1c(cc(C(C)(C)C)cc1Cc1cc(C(C)(C)C)cc(c1OCCOC)C3)C2. The monoisotopic (exact) mass is 1650 g/mol. The third-order valence-corrected chi connectivity index (χ3v) is 35.9. The van der Waals surface area contributed by atoms with Gasteiger partial charge in [0.15, 0.2) is 0 Å². The molecule has 5 heterocycles. The maximum atomic E-state index is 7.85. The summed E-state index contributed by atoms with van der Waals surface area (Å²) in [5.74, 6) is 3.55. The lowest BCUT2D eigenvalue weighted by Crippen LogP contribution is -2.19. The number of methoxy groups -OCH3 is 2. The van der Waals surface area contributed by atoms with Crippen molar-refractivity contribution in [1.82, 2.24) is 9.13 Å². The molecule has 0 unspecified atom stereocenters. The molecule has 612 valence electrons. The van der Waals surface area contributed by atoms with Crippen LogP contribution in [0, 0.1) is 0 Å². The fourth-order valence-corrected chi connectivity index (χ4v) is 31.9. The lowest BCUT2D eigenvalue weighted by molar-refractivity contribution is 0.0930. The van der Waals surface area contributed by atoms with Crippen molar-refractivity contribution < 1.29 is 37.9 Å². The van der Waals surface area contributed by atoms with E-state index >= 15 is 0 Å². The van der Waals surface area contributed by atoms with E-state index in [-0.39, 0.29) is 21.7 Å². The number of fused-ring (bicyclic) bond motifs is 10. The zero-order valence-electron chi connectivity index (χ0n) is 74.1. The summed E-state index contributed by atoms with van der Waals surface area (Å²) in [6.45, 7) is 33.5. The van der Waals surface area contributed by atoms with Crippen molar-refractivity contribution in [3.8, 4) is 23.0 Å². The zero-order chi connectivity index (χ0) is 83.7. The molecule has 0 N–H and O–H groups in total. The summed E-state index contributed by atoms with van der Waals surface area (Å²) < 4.78 is 63.2. The second-order valence-corrected chi connectivity index (χ2v) is 45.5. The molecular weight excluding hydrogens is 1570 g/mol. The molecule has 0 amide bonds. The lowest BCUT2D eigenvalue weighted by atomic mass is 9.79. The van der Waals surface area contributed by atoms with Gasteiger partial charge in [-0.05, 0) is 88.4 Å². The molecule has 0 saturated carbocycles. The standard InChI is InChI=1S/C118H82N2O8/c1-115(2,3)47-31-39-27-43-35-49(117(7,8)9)37-45-29-41-33-48(116(4,5)6)34-42(111(41)126-24-20-122-14)30-46-38-50(118(10,11)12)36-44(28-40(32-47)110(39)125-23-19-121-13)113(46)128-26-22-124-18-16-120-109-104-96-86-76-66-58-53-51-52-54-55(53)64-68(66)78-82-72(64)71-63(54)67-65-57(52)61-59-56(51)60-62(58)74(76)84-80-70(60)69(59)79-83-73(61)75(65)85-89-77(67)81(71)91-92(82)102(100(104)90(78)86)107-101(91)99(89)103-95(85)93(83)97-87(79)88(80)98(94(84)96)106(109)105(97)108(103)119(114(107)120)15-17-123-21-25-127-112(43)45/h31-38H,15-30H2,1-14H3. The highest BCUT2D eigenvalue weighted by Gasteiger charge is 2.52. The van der Waals surface area contributed by atoms with Crippen LogP contribution in [-0.2, 0) is 79.4 Å². The van der Waals surface area contributed by atoms with Crippen molar-refractivity contribution in [2.75, 3.05) is 80.3 Å². The maximum Gasteiger partial charge on any atom is 0.126 e. The highest BCUT2D eigenvalue weighted by molar-refractivity contribution is 6.84. The van der Waals surface area contributed by atoms with E-state index < -0.39 is 0 Å². The molecule has 3 aliphatic rings. The Morgan fingerprint density at radius 1 is 0.227 bits per heavy atom. The number of hydrogen-bond donors (Lipinski definition) is 0. The number of aromatic nitrogens is 2. The predicted molar refractivity (Wildman–Crippen MR) is 534 cm³/mol. The molecule has 0 spiro atoms. The van der Waals surface area contributed by atoms with Crippen LogP contribution in [0.15, 0.2) is 48.5 Å². The second-order valence-electron chi connectivity index (χ2n) is 45.5. The third-order valence-electron chi connectivity index (χ3n) is 35.9. The molecule has 128 heavy (non-hydrogen) atoms. The van der Waals surface area contributed by atoms with Crippen molar-refractivity contribution in [3.63, 3.8) is 0 Å². The third kappa shape index (κ3) is 6.07. The maximum absolute atomic E-state index is 7.85. The van der Waals surface area contributed by atoms with Crippen LogP contribution in [0.2, 0.25) is 0 Å². The van der Waals surface area contributed by atoms with Gasteiger partial charge in [0.05, 0.1) is 50.7 Å². The molecule has 3 aromatic heterocycles. The number of benzene rings is 22. The Kier molecular flexibility index (Phi) is 9.94. The van der Waals surface area contributed by atoms with E-state index in [1.54, 1.807) is 240 Å². The van der Waals surface area contributed by atoms with Crippen molar-refractivity contribution in [2.45, 2.75) is 144 Å². The van der Waals surface area contributed by atoms with E-state index in [2.05, 4.69) is 141 Å². The van der Waals surface area contributed by atoms with Crippen LogP contribution in [0.1, 0.15) is 150 Å². The van der Waals surface area contributed by atoms with Gasteiger partial charge in [-0.3, -0.25) is 0 Å². The van der Waals surface area contributed by atoms with Gasteiger partial charge >= 0.3 is 0 Å². The van der Waals surface area contributed by atoms with Crippen LogP contribution in [0.4, 0.5) is 0 Å². The Bertz CT molecular complexity index is 10100. The zero-order valence-corrected chi connectivity index (χ0v) is 74.1. The quantitative estimate of drug-likeness (QED) is 0.110. The van der Waals surface area contributed by atoms with Gasteiger partial charge in [0, 0.05) is 360 Å². The van der Waals surface area contributed by atoms with Gasteiger partial charge in [-0.1, -0.05) is 132 Å². The number of hydrogen-bond acceptors (Lipinski definition) is 8. The summed E-state index contributed by atoms with van der Waals surface area (Å²) in [6, 6.07) is 19.6. The topological polar surface area (TPSA) is 83.7 Å². The fourth-order valence-electron chi connectivity index (χ4n) is 31.9. The van der Waals surface area contributed by atoms with Gasteiger partial charge in [0.1, 0.15) is 55.1 Å². The molecule has 15 bridgehead atoms. The first-order valence-corrected chi connectivity index (χ1v) is 47.5. The summed E-state index contributed by atoms with van der Waals surface area (Å²) in [6.07, 6.45) is 2.19. The molecule has 0 fully saturated rings. The summed E-state index contributed by atoms with van der Waals surface area (Å²) >= 11 is 0.